The Morgan fingerprint density at radius 1 is 1.17 bits per heavy atom. The number of fused-ring (bicyclic) bond motifs is 1. The molecule has 3 aromatic rings. The predicted molar refractivity (Wildman–Crippen MR) is 88.6 cm³/mol. The smallest absolute Gasteiger partial charge is 0.259 e. The van der Waals surface area contributed by atoms with Gasteiger partial charge >= 0.3 is 0 Å². The van der Waals surface area contributed by atoms with E-state index >= 15 is 0 Å². The number of rotatable bonds is 2. The van der Waals surface area contributed by atoms with E-state index in [1.807, 2.05) is 25.1 Å². The molecule has 5 nitrogen and oxygen atoms in total. The Morgan fingerprint density at radius 2 is 1.87 bits per heavy atom. The van der Waals surface area contributed by atoms with E-state index in [1.165, 1.54) is 0 Å². The van der Waals surface area contributed by atoms with Gasteiger partial charge in [-0.05, 0) is 19.1 Å². The summed E-state index contributed by atoms with van der Waals surface area (Å²) in [5.41, 5.74) is 1.57. The number of allylic oxidation sites excluding steroid dienone is 1. The van der Waals surface area contributed by atoms with Gasteiger partial charge in [0.2, 0.25) is 0 Å². The number of aryl methyl sites for hydroxylation is 1. The summed E-state index contributed by atoms with van der Waals surface area (Å²) in [5, 5.41) is 20.2. The van der Waals surface area contributed by atoms with Gasteiger partial charge in [0.1, 0.15) is 17.4 Å². The normalized spacial score (nSPS) is 11.8. The number of nitrogens with one attached hydrogen (secondary N) is 1. The van der Waals surface area contributed by atoms with Gasteiger partial charge in [0, 0.05) is 5.56 Å². The van der Waals surface area contributed by atoms with Crippen molar-refractivity contribution in [2.75, 3.05) is 0 Å². The van der Waals surface area contributed by atoms with Crippen LogP contribution in [0.25, 0.3) is 22.2 Å². The van der Waals surface area contributed by atoms with Gasteiger partial charge in [-0.25, -0.2) is 4.98 Å². The third-order valence-corrected chi connectivity index (χ3v) is 3.52. The highest BCUT2D eigenvalue weighted by Crippen LogP contribution is 2.22. The summed E-state index contributed by atoms with van der Waals surface area (Å²) in [7, 11) is 0. The molecule has 0 amide bonds. The summed E-state index contributed by atoms with van der Waals surface area (Å²) in [5.74, 6) is -0.166. The van der Waals surface area contributed by atoms with Crippen molar-refractivity contribution in [3.8, 4) is 6.07 Å². The van der Waals surface area contributed by atoms with E-state index in [0.717, 1.165) is 5.56 Å². The molecule has 1 aromatic heterocycles. The van der Waals surface area contributed by atoms with Crippen molar-refractivity contribution in [3.05, 3.63) is 75.8 Å². The third-order valence-electron chi connectivity index (χ3n) is 3.52. The number of hydrogen-bond donors (Lipinski definition) is 2. The summed E-state index contributed by atoms with van der Waals surface area (Å²) in [6, 6.07) is 15.8. The van der Waals surface area contributed by atoms with Crippen LogP contribution in [-0.2, 0) is 0 Å². The van der Waals surface area contributed by atoms with Crippen LogP contribution in [0.1, 0.15) is 17.0 Å². The number of hydrogen-bond acceptors (Lipinski definition) is 4. The van der Waals surface area contributed by atoms with Gasteiger partial charge in [0.05, 0.1) is 10.9 Å². The first-order valence-electron chi connectivity index (χ1n) is 7.00. The van der Waals surface area contributed by atoms with Gasteiger partial charge in [0.15, 0.2) is 5.82 Å². The molecule has 0 radical (unpaired) electrons. The highest BCUT2D eigenvalue weighted by molar-refractivity contribution is 5.93. The van der Waals surface area contributed by atoms with E-state index in [1.54, 1.807) is 36.4 Å². The van der Waals surface area contributed by atoms with Crippen molar-refractivity contribution >= 4 is 22.2 Å². The van der Waals surface area contributed by atoms with E-state index < -0.39 is 0 Å². The molecule has 0 saturated heterocycles. The van der Waals surface area contributed by atoms with E-state index in [0.29, 0.717) is 16.5 Å². The summed E-state index contributed by atoms with van der Waals surface area (Å²) in [4.78, 5) is 18.9. The Balaban J connectivity index is 2.22. The van der Waals surface area contributed by atoms with Crippen molar-refractivity contribution < 1.29 is 5.11 Å². The van der Waals surface area contributed by atoms with Crippen LogP contribution in [0.15, 0.2) is 53.3 Å². The minimum Gasteiger partial charge on any atom is -0.506 e. The van der Waals surface area contributed by atoms with E-state index in [2.05, 4.69) is 9.97 Å². The second-order valence-corrected chi connectivity index (χ2v) is 5.13. The number of aliphatic hydroxyl groups excluding tert-OH is 1. The molecule has 0 bridgehead atoms. The van der Waals surface area contributed by atoms with Gasteiger partial charge in [-0.3, -0.25) is 4.79 Å². The second-order valence-electron chi connectivity index (χ2n) is 5.13. The molecule has 0 saturated carbocycles. The maximum Gasteiger partial charge on any atom is 0.259 e. The number of aromatic nitrogens is 2. The Morgan fingerprint density at radius 3 is 2.57 bits per heavy atom. The largest absolute Gasteiger partial charge is 0.506 e. The lowest BCUT2D eigenvalue weighted by molar-refractivity contribution is 0.513. The lowest BCUT2D eigenvalue weighted by atomic mass is 10.1. The summed E-state index contributed by atoms with van der Waals surface area (Å²) >= 11 is 0. The molecule has 3 rings (SSSR count). The number of aliphatic hydroxyl groups is 1. The Hall–Kier alpha value is -3.39. The molecule has 0 aliphatic heterocycles. The zero-order valence-corrected chi connectivity index (χ0v) is 12.4. The van der Waals surface area contributed by atoms with E-state index in [9.17, 15) is 15.2 Å². The maximum atomic E-state index is 12.1. The van der Waals surface area contributed by atoms with Gasteiger partial charge in [0.25, 0.3) is 5.56 Å². The average Bonchev–Trinajstić information content (AvgIpc) is 2.56. The number of para-hydroxylation sites is 1. The lowest BCUT2D eigenvalue weighted by Gasteiger charge is -2.06. The number of nitriles is 1. The third kappa shape index (κ3) is 2.70. The fourth-order valence-electron chi connectivity index (χ4n) is 2.28. The molecule has 0 aliphatic rings. The van der Waals surface area contributed by atoms with Crippen LogP contribution in [-0.4, -0.2) is 15.1 Å². The Kier molecular flexibility index (Phi) is 3.65. The SMILES string of the molecule is Cc1ccc(/C(O)=C(/C#N)c2nc3ccccc3c(=O)[nH]2)cc1. The molecule has 0 spiro atoms. The maximum absolute atomic E-state index is 12.1. The van der Waals surface area contributed by atoms with Gasteiger partial charge in [-0.15, -0.1) is 0 Å². The molecular formula is C18H13N3O2. The summed E-state index contributed by atoms with van der Waals surface area (Å²) in [6.45, 7) is 1.93. The molecule has 2 N–H and O–H groups in total. The van der Waals surface area contributed by atoms with Crippen molar-refractivity contribution in [3.63, 3.8) is 0 Å². The van der Waals surface area contributed by atoms with Gasteiger partial charge in [-0.1, -0.05) is 42.0 Å². The Bertz CT molecular complexity index is 1010. The zero-order chi connectivity index (χ0) is 16.4. The molecule has 0 aliphatic carbocycles. The molecule has 0 atom stereocenters. The quantitative estimate of drug-likeness (QED) is 0.562. The van der Waals surface area contributed by atoms with Crippen LogP contribution >= 0.6 is 0 Å². The van der Waals surface area contributed by atoms with Crippen LogP contribution in [0, 0.1) is 18.3 Å². The number of aromatic amines is 1. The fraction of sp³-hybridized carbons (Fsp3) is 0.0556. The number of nitrogens with zero attached hydrogens (tertiary/aromatic N) is 2. The first kappa shape index (κ1) is 14.5. The van der Waals surface area contributed by atoms with E-state index in [-0.39, 0.29) is 22.7 Å². The molecule has 112 valence electrons. The second kappa shape index (κ2) is 5.78. The molecule has 0 fully saturated rings. The topological polar surface area (TPSA) is 89.8 Å². The minimum absolute atomic E-state index is 0.0503. The molecular weight excluding hydrogens is 290 g/mol. The highest BCUT2D eigenvalue weighted by atomic mass is 16.3. The monoisotopic (exact) mass is 303 g/mol. The van der Waals surface area contributed by atoms with Crippen LogP contribution < -0.4 is 5.56 Å². The summed E-state index contributed by atoms with van der Waals surface area (Å²) < 4.78 is 0. The average molecular weight is 303 g/mol. The standard InChI is InChI=1S/C18H13N3O2/c1-11-6-8-12(9-7-11)16(22)14(10-19)17-20-15-5-3-2-4-13(15)18(23)21-17/h2-9,22H,1H3,(H,20,21,23)/b16-14+. The molecule has 1 heterocycles. The van der Waals surface area contributed by atoms with E-state index in [4.69, 9.17) is 0 Å². The number of H-pyrrole nitrogens is 1. The zero-order valence-electron chi connectivity index (χ0n) is 12.4. The van der Waals surface area contributed by atoms with Crippen LogP contribution in [0.4, 0.5) is 0 Å². The van der Waals surface area contributed by atoms with Crippen LogP contribution in [0.5, 0.6) is 0 Å². The highest BCUT2D eigenvalue weighted by Gasteiger charge is 2.14. The molecule has 2 aromatic carbocycles. The van der Waals surface area contributed by atoms with Crippen LogP contribution in [0.2, 0.25) is 0 Å². The van der Waals surface area contributed by atoms with Crippen molar-refractivity contribution in [2.24, 2.45) is 0 Å². The Labute approximate surface area is 132 Å². The fourth-order valence-corrected chi connectivity index (χ4v) is 2.28. The minimum atomic E-state index is -0.352. The first-order valence-corrected chi connectivity index (χ1v) is 7.00. The van der Waals surface area contributed by atoms with Gasteiger partial charge in [-0.2, -0.15) is 5.26 Å². The molecule has 5 heteroatoms. The first-order chi connectivity index (χ1) is 11.1. The number of benzene rings is 2. The van der Waals surface area contributed by atoms with Crippen molar-refractivity contribution in [1.82, 2.24) is 9.97 Å². The molecule has 0 unspecified atom stereocenters. The van der Waals surface area contributed by atoms with Gasteiger partial charge < -0.3 is 10.1 Å². The lowest BCUT2D eigenvalue weighted by Crippen LogP contribution is -2.11. The predicted octanol–water partition coefficient (Wildman–Crippen LogP) is 3.18. The van der Waals surface area contributed by atoms with Crippen LogP contribution in [0.3, 0.4) is 0 Å². The summed E-state index contributed by atoms with van der Waals surface area (Å²) in [6.07, 6.45) is 0. The molecule has 23 heavy (non-hydrogen) atoms. The van der Waals surface area contributed by atoms with Crippen molar-refractivity contribution in [1.29, 1.82) is 5.26 Å². The van der Waals surface area contributed by atoms with Crippen molar-refractivity contribution in [2.45, 2.75) is 6.92 Å².